The highest BCUT2D eigenvalue weighted by Crippen LogP contribution is 2.20. The smallest absolute Gasteiger partial charge is 0.256 e. The average molecular weight is 280 g/mol. The number of nitrogens with two attached hydrogens (primary N) is 1. The fourth-order valence-corrected chi connectivity index (χ4v) is 2.53. The molecule has 0 unspecified atom stereocenters. The molecule has 0 atom stereocenters. The van der Waals surface area contributed by atoms with E-state index in [1.54, 1.807) is 13.8 Å². The van der Waals surface area contributed by atoms with Gasteiger partial charge >= 0.3 is 0 Å². The van der Waals surface area contributed by atoms with Crippen LogP contribution in [0.3, 0.4) is 0 Å². The molecule has 0 spiro atoms. The Labute approximate surface area is 113 Å². The van der Waals surface area contributed by atoms with Gasteiger partial charge < -0.3 is 4.90 Å². The summed E-state index contributed by atoms with van der Waals surface area (Å²) in [7, 11) is -4.00. The van der Waals surface area contributed by atoms with Crippen molar-refractivity contribution >= 4 is 15.9 Å². The Morgan fingerprint density at radius 3 is 2.37 bits per heavy atom. The maximum Gasteiger partial charge on any atom is 0.256 e. The van der Waals surface area contributed by atoms with E-state index < -0.39 is 15.9 Å². The van der Waals surface area contributed by atoms with Crippen LogP contribution in [0.4, 0.5) is 0 Å². The zero-order chi connectivity index (χ0) is 14.6. The van der Waals surface area contributed by atoms with Gasteiger partial charge in [-0.25, -0.2) is 13.6 Å². The first-order chi connectivity index (χ1) is 8.86. The number of nitrogens with zero attached hydrogens (tertiary/aromatic N) is 1. The van der Waals surface area contributed by atoms with E-state index in [0.29, 0.717) is 13.1 Å². The van der Waals surface area contributed by atoms with Gasteiger partial charge in [-0.15, -0.1) is 6.42 Å². The lowest BCUT2D eigenvalue weighted by atomic mass is 10.1. The highest BCUT2D eigenvalue weighted by atomic mass is 32.2. The van der Waals surface area contributed by atoms with Gasteiger partial charge in [0.05, 0.1) is 10.5 Å². The molecule has 0 heterocycles. The minimum absolute atomic E-state index is 0.0313. The van der Waals surface area contributed by atoms with Crippen molar-refractivity contribution in [2.75, 3.05) is 13.1 Å². The van der Waals surface area contributed by atoms with Gasteiger partial charge in [0.1, 0.15) is 0 Å². The van der Waals surface area contributed by atoms with E-state index in [1.165, 1.54) is 23.1 Å². The van der Waals surface area contributed by atoms with Crippen LogP contribution in [0.5, 0.6) is 0 Å². The van der Waals surface area contributed by atoms with Crippen LogP contribution in [0.25, 0.3) is 0 Å². The normalized spacial score (nSPS) is 10.8. The van der Waals surface area contributed by atoms with E-state index in [4.69, 9.17) is 11.6 Å². The van der Waals surface area contributed by atoms with Gasteiger partial charge in [0.15, 0.2) is 0 Å². The van der Waals surface area contributed by atoms with Gasteiger partial charge in [-0.2, -0.15) is 0 Å². The second kappa shape index (κ2) is 5.87. The molecule has 19 heavy (non-hydrogen) atoms. The number of amides is 1. The monoisotopic (exact) mass is 280 g/mol. The SMILES string of the molecule is C#Cc1cccc(S(N)(=O)=O)c1C(=O)N(CC)CC. The van der Waals surface area contributed by atoms with E-state index in [-0.39, 0.29) is 16.0 Å². The van der Waals surface area contributed by atoms with Crippen LogP contribution in [-0.2, 0) is 10.0 Å². The Morgan fingerprint density at radius 1 is 1.37 bits per heavy atom. The Morgan fingerprint density at radius 2 is 1.95 bits per heavy atom. The molecule has 0 aliphatic carbocycles. The lowest BCUT2D eigenvalue weighted by Crippen LogP contribution is -2.33. The van der Waals surface area contributed by atoms with Crippen molar-refractivity contribution in [2.45, 2.75) is 18.7 Å². The number of benzene rings is 1. The second-order valence-corrected chi connectivity index (χ2v) is 5.38. The maximum absolute atomic E-state index is 12.4. The Bertz CT molecular complexity index is 626. The van der Waals surface area contributed by atoms with Gasteiger partial charge in [0.2, 0.25) is 10.0 Å². The zero-order valence-corrected chi connectivity index (χ0v) is 11.7. The van der Waals surface area contributed by atoms with Crippen molar-refractivity contribution in [3.05, 3.63) is 29.3 Å². The molecule has 0 radical (unpaired) electrons. The van der Waals surface area contributed by atoms with Crippen LogP contribution in [0.2, 0.25) is 0 Å². The highest BCUT2D eigenvalue weighted by Gasteiger charge is 2.24. The van der Waals surface area contributed by atoms with Crippen LogP contribution >= 0.6 is 0 Å². The first-order valence-corrected chi connectivity index (χ1v) is 7.33. The first kappa shape index (κ1) is 15.2. The standard InChI is InChI=1S/C13H16N2O3S/c1-4-10-8-7-9-11(19(14,17)18)12(10)13(16)15(5-2)6-3/h1,7-9H,5-6H2,2-3H3,(H2,14,17,18). The lowest BCUT2D eigenvalue weighted by Gasteiger charge is -2.20. The first-order valence-electron chi connectivity index (χ1n) is 5.78. The van der Waals surface area contributed by atoms with Gasteiger partial charge in [0, 0.05) is 18.7 Å². The summed E-state index contributed by atoms with van der Waals surface area (Å²) < 4.78 is 23.1. The van der Waals surface area contributed by atoms with Crippen molar-refractivity contribution < 1.29 is 13.2 Å². The fourth-order valence-electron chi connectivity index (χ4n) is 1.78. The molecular weight excluding hydrogens is 264 g/mol. The molecule has 1 aromatic carbocycles. The number of terminal acetylenes is 1. The van der Waals surface area contributed by atoms with Crippen LogP contribution in [-0.4, -0.2) is 32.3 Å². The molecule has 0 aliphatic heterocycles. The minimum Gasteiger partial charge on any atom is -0.339 e. The molecule has 102 valence electrons. The number of hydrogen-bond acceptors (Lipinski definition) is 3. The predicted octanol–water partition coefficient (Wildman–Crippen LogP) is 0.797. The number of carbonyl (C=O) groups excluding carboxylic acids is 1. The number of hydrogen-bond donors (Lipinski definition) is 1. The quantitative estimate of drug-likeness (QED) is 0.828. The van der Waals surface area contributed by atoms with Crippen LogP contribution in [0, 0.1) is 12.3 Å². The van der Waals surface area contributed by atoms with E-state index in [9.17, 15) is 13.2 Å². The topological polar surface area (TPSA) is 80.5 Å². The molecule has 6 heteroatoms. The summed E-state index contributed by atoms with van der Waals surface area (Å²) in [6.07, 6.45) is 5.33. The number of primary sulfonamides is 1. The molecule has 2 N–H and O–H groups in total. The van der Waals surface area contributed by atoms with Crippen molar-refractivity contribution in [3.63, 3.8) is 0 Å². The molecule has 0 saturated carbocycles. The van der Waals surface area contributed by atoms with Gasteiger partial charge in [-0.3, -0.25) is 4.79 Å². The molecule has 0 aliphatic rings. The van der Waals surface area contributed by atoms with E-state index >= 15 is 0 Å². The third kappa shape index (κ3) is 3.13. The molecule has 5 nitrogen and oxygen atoms in total. The third-order valence-electron chi connectivity index (χ3n) is 2.75. The second-order valence-electron chi connectivity index (χ2n) is 3.85. The Kier molecular flexibility index (Phi) is 4.70. The minimum atomic E-state index is -4.00. The van der Waals surface area contributed by atoms with Crippen LogP contribution in [0.1, 0.15) is 29.8 Å². The summed E-state index contributed by atoms with van der Waals surface area (Å²) in [4.78, 5) is 13.6. The van der Waals surface area contributed by atoms with Crippen molar-refractivity contribution in [1.82, 2.24) is 4.90 Å². The molecule has 1 rings (SSSR count). The molecular formula is C13H16N2O3S. The van der Waals surface area contributed by atoms with Crippen molar-refractivity contribution in [2.24, 2.45) is 5.14 Å². The van der Waals surface area contributed by atoms with Crippen LogP contribution < -0.4 is 5.14 Å². The Balaban J connectivity index is 3.57. The third-order valence-corrected chi connectivity index (χ3v) is 3.71. The maximum atomic E-state index is 12.4. The lowest BCUT2D eigenvalue weighted by molar-refractivity contribution is 0.0769. The van der Waals surface area contributed by atoms with E-state index in [0.717, 1.165) is 0 Å². The van der Waals surface area contributed by atoms with Gasteiger partial charge in [-0.1, -0.05) is 12.0 Å². The summed E-state index contributed by atoms with van der Waals surface area (Å²) in [6.45, 7) is 4.52. The summed E-state index contributed by atoms with van der Waals surface area (Å²) in [5, 5.41) is 5.13. The number of carbonyl (C=O) groups is 1. The summed E-state index contributed by atoms with van der Waals surface area (Å²) in [5.41, 5.74) is 0.194. The molecule has 1 aromatic rings. The van der Waals surface area contributed by atoms with E-state index in [2.05, 4.69) is 5.92 Å². The zero-order valence-electron chi connectivity index (χ0n) is 10.9. The number of sulfonamides is 1. The largest absolute Gasteiger partial charge is 0.339 e. The molecule has 0 fully saturated rings. The van der Waals surface area contributed by atoms with Crippen LogP contribution in [0.15, 0.2) is 23.1 Å². The average Bonchev–Trinajstić information content (AvgIpc) is 2.38. The fraction of sp³-hybridized carbons (Fsp3) is 0.308. The molecule has 0 aromatic heterocycles. The number of rotatable bonds is 4. The van der Waals surface area contributed by atoms with Gasteiger partial charge in [-0.05, 0) is 26.0 Å². The summed E-state index contributed by atoms with van der Waals surface area (Å²) >= 11 is 0. The summed E-state index contributed by atoms with van der Waals surface area (Å²) in [5.74, 6) is 1.90. The summed E-state index contributed by atoms with van der Waals surface area (Å²) in [6, 6.07) is 4.27. The van der Waals surface area contributed by atoms with Gasteiger partial charge in [0.25, 0.3) is 5.91 Å². The molecule has 0 bridgehead atoms. The van der Waals surface area contributed by atoms with E-state index in [1.807, 2.05) is 0 Å². The molecule has 0 saturated heterocycles. The highest BCUT2D eigenvalue weighted by molar-refractivity contribution is 7.89. The van der Waals surface area contributed by atoms with Crippen molar-refractivity contribution in [1.29, 1.82) is 0 Å². The Hall–Kier alpha value is -1.84. The predicted molar refractivity (Wildman–Crippen MR) is 73.0 cm³/mol. The molecule has 1 amide bonds. The van der Waals surface area contributed by atoms with Crippen molar-refractivity contribution in [3.8, 4) is 12.3 Å².